The summed E-state index contributed by atoms with van der Waals surface area (Å²) in [7, 11) is 1.84. The molecule has 1 aliphatic heterocycles. The maximum atomic E-state index is 12.5. The van der Waals surface area contributed by atoms with Crippen LogP contribution in [0.1, 0.15) is 26.2 Å². The van der Waals surface area contributed by atoms with Crippen molar-refractivity contribution in [2.75, 3.05) is 32.0 Å². The van der Waals surface area contributed by atoms with Gasteiger partial charge < -0.3 is 10.4 Å². The fraction of sp³-hybridized carbons (Fsp3) is 0.588. The normalized spacial score (nSPS) is 19.3. The lowest BCUT2D eigenvalue weighted by atomic mass is 10.1. The molecular formula is C17H26Cl2N4O3. The van der Waals surface area contributed by atoms with Gasteiger partial charge in [0.15, 0.2) is 0 Å². The van der Waals surface area contributed by atoms with Gasteiger partial charge in [0.05, 0.1) is 17.6 Å². The summed E-state index contributed by atoms with van der Waals surface area (Å²) in [4.78, 5) is 31.4. The molecule has 2 unspecified atom stereocenters. The monoisotopic (exact) mass is 404 g/mol. The van der Waals surface area contributed by atoms with Crippen molar-refractivity contribution < 1.29 is 14.7 Å². The molecule has 7 nitrogen and oxygen atoms in total. The summed E-state index contributed by atoms with van der Waals surface area (Å²) in [6, 6.07) is 3.31. The number of pyridine rings is 1. The Morgan fingerprint density at radius 1 is 1.42 bits per heavy atom. The van der Waals surface area contributed by atoms with Crippen LogP contribution >= 0.6 is 24.0 Å². The number of likely N-dealkylation sites (tertiary alicyclic amines) is 1. The van der Waals surface area contributed by atoms with Crippen LogP contribution in [0.25, 0.3) is 0 Å². The summed E-state index contributed by atoms with van der Waals surface area (Å²) in [5, 5.41) is 12.3. The number of nitrogens with one attached hydrogen (secondary N) is 1. The third-order valence-electron chi connectivity index (χ3n) is 4.65. The van der Waals surface area contributed by atoms with Gasteiger partial charge in [-0.05, 0) is 51.9 Å². The van der Waals surface area contributed by atoms with Gasteiger partial charge in [-0.1, -0.05) is 11.6 Å². The number of nitrogens with zero attached hydrogens (tertiary/aromatic N) is 3. The maximum absolute atomic E-state index is 12.5. The van der Waals surface area contributed by atoms with Gasteiger partial charge in [0.25, 0.3) is 0 Å². The molecule has 1 aromatic heterocycles. The second-order valence-corrected chi connectivity index (χ2v) is 6.89. The molecule has 0 saturated carbocycles. The van der Waals surface area contributed by atoms with E-state index in [-0.39, 0.29) is 36.9 Å². The minimum atomic E-state index is -0.813. The summed E-state index contributed by atoms with van der Waals surface area (Å²) >= 11 is 5.80. The van der Waals surface area contributed by atoms with Crippen LogP contribution in [-0.4, -0.2) is 70.5 Å². The molecule has 0 radical (unpaired) electrons. The smallest absolute Gasteiger partial charge is 0.317 e. The number of carbonyl (C=O) groups is 2. The molecule has 2 rings (SSSR count). The molecule has 1 fully saturated rings. The van der Waals surface area contributed by atoms with Gasteiger partial charge in [-0.3, -0.25) is 19.4 Å². The van der Waals surface area contributed by atoms with Crippen LogP contribution in [0, 0.1) is 0 Å². The molecule has 9 heteroatoms. The SMILES string of the molecule is CC(C(=O)Nc1ccc(Cl)cn1)N1CCCC(N(C)CC(=O)O)CC1.Cl. The Morgan fingerprint density at radius 2 is 2.15 bits per heavy atom. The van der Waals surface area contributed by atoms with E-state index in [1.54, 1.807) is 12.1 Å². The lowest BCUT2D eigenvalue weighted by Gasteiger charge is -2.28. The van der Waals surface area contributed by atoms with Gasteiger partial charge in [0, 0.05) is 18.8 Å². The molecule has 0 aliphatic carbocycles. The van der Waals surface area contributed by atoms with Crippen molar-refractivity contribution in [3.63, 3.8) is 0 Å². The van der Waals surface area contributed by atoms with E-state index in [0.29, 0.717) is 10.8 Å². The van der Waals surface area contributed by atoms with Crippen LogP contribution in [0.2, 0.25) is 5.02 Å². The summed E-state index contributed by atoms with van der Waals surface area (Å²) in [5.74, 6) is -0.436. The first kappa shape index (κ1) is 22.6. The fourth-order valence-corrected chi connectivity index (χ4v) is 3.23. The largest absolute Gasteiger partial charge is 0.480 e. The van der Waals surface area contributed by atoms with Gasteiger partial charge in [-0.15, -0.1) is 12.4 Å². The van der Waals surface area contributed by atoms with Gasteiger partial charge in [0.1, 0.15) is 5.82 Å². The lowest BCUT2D eigenvalue weighted by molar-refractivity contribution is -0.138. The van der Waals surface area contributed by atoms with Gasteiger partial charge in [-0.2, -0.15) is 0 Å². The first-order valence-electron chi connectivity index (χ1n) is 8.45. The Balaban J connectivity index is 0.00000338. The highest BCUT2D eigenvalue weighted by Gasteiger charge is 2.27. The first-order chi connectivity index (χ1) is 11.9. The van der Waals surface area contributed by atoms with Crippen molar-refractivity contribution in [3.8, 4) is 0 Å². The average molecular weight is 405 g/mol. The zero-order valence-corrected chi connectivity index (χ0v) is 16.6. The molecule has 2 heterocycles. The van der Waals surface area contributed by atoms with Crippen molar-refractivity contribution in [2.45, 2.75) is 38.3 Å². The Labute approximate surface area is 165 Å². The molecule has 26 heavy (non-hydrogen) atoms. The summed E-state index contributed by atoms with van der Waals surface area (Å²) in [6.45, 7) is 3.51. The number of carboxylic acid groups (broad SMARTS) is 1. The van der Waals surface area contributed by atoms with E-state index in [9.17, 15) is 9.59 Å². The second kappa shape index (κ2) is 10.7. The predicted molar refractivity (Wildman–Crippen MR) is 104 cm³/mol. The van der Waals surface area contributed by atoms with Crippen LogP contribution in [0.3, 0.4) is 0 Å². The zero-order valence-electron chi connectivity index (χ0n) is 15.0. The summed E-state index contributed by atoms with van der Waals surface area (Å²) < 4.78 is 0. The Morgan fingerprint density at radius 3 is 2.77 bits per heavy atom. The number of rotatable bonds is 6. The van der Waals surface area contributed by atoms with E-state index < -0.39 is 5.97 Å². The van der Waals surface area contributed by atoms with Crippen LogP contribution in [0.4, 0.5) is 5.82 Å². The number of aromatic nitrogens is 1. The van der Waals surface area contributed by atoms with Crippen LogP contribution in [-0.2, 0) is 9.59 Å². The Kier molecular flexibility index (Phi) is 9.29. The number of hydrogen-bond acceptors (Lipinski definition) is 5. The fourth-order valence-electron chi connectivity index (χ4n) is 3.12. The molecule has 1 aliphatic rings. The number of halogens is 2. The lowest BCUT2D eigenvalue weighted by Crippen LogP contribution is -2.43. The van der Waals surface area contributed by atoms with Crippen molar-refractivity contribution in [1.82, 2.24) is 14.8 Å². The average Bonchev–Trinajstić information content (AvgIpc) is 2.81. The standard InChI is InChI=1S/C17H25ClN4O3.ClH/c1-12(17(25)20-15-6-5-13(18)10-19-15)22-8-3-4-14(7-9-22)21(2)11-16(23)24;/h5-6,10,12,14H,3-4,7-9,11H2,1-2H3,(H,23,24)(H,19,20,25);1H. The number of likely N-dealkylation sites (N-methyl/N-ethyl adjacent to an activating group) is 1. The molecule has 2 atom stereocenters. The quantitative estimate of drug-likeness (QED) is 0.756. The van der Waals surface area contributed by atoms with E-state index in [0.717, 1.165) is 32.4 Å². The van der Waals surface area contributed by atoms with Crippen molar-refractivity contribution in [2.24, 2.45) is 0 Å². The molecule has 1 amide bonds. The molecule has 0 bridgehead atoms. The molecule has 1 saturated heterocycles. The number of amides is 1. The van der Waals surface area contributed by atoms with E-state index in [1.807, 2.05) is 18.9 Å². The predicted octanol–water partition coefficient (Wildman–Crippen LogP) is 2.35. The third-order valence-corrected chi connectivity index (χ3v) is 4.87. The topological polar surface area (TPSA) is 85.8 Å². The highest BCUT2D eigenvalue weighted by molar-refractivity contribution is 6.30. The van der Waals surface area contributed by atoms with Gasteiger partial charge in [0.2, 0.25) is 5.91 Å². The molecule has 0 spiro atoms. The van der Waals surface area contributed by atoms with E-state index >= 15 is 0 Å². The van der Waals surface area contributed by atoms with E-state index in [2.05, 4.69) is 15.2 Å². The van der Waals surface area contributed by atoms with Crippen molar-refractivity contribution in [3.05, 3.63) is 23.4 Å². The number of carboxylic acids is 1. The summed E-state index contributed by atoms with van der Waals surface area (Å²) in [6.07, 6.45) is 4.22. The molecule has 146 valence electrons. The van der Waals surface area contributed by atoms with Crippen LogP contribution in [0.5, 0.6) is 0 Å². The number of carbonyl (C=O) groups excluding carboxylic acids is 1. The van der Waals surface area contributed by atoms with Crippen LogP contribution in [0.15, 0.2) is 18.3 Å². The molecule has 2 N–H and O–H groups in total. The molecule has 0 aromatic carbocycles. The Bertz CT molecular complexity index is 600. The number of anilines is 1. The maximum Gasteiger partial charge on any atom is 0.317 e. The highest BCUT2D eigenvalue weighted by Crippen LogP contribution is 2.18. The van der Waals surface area contributed by atoms with Crippen molar-refractivity contribution in [1.29, 1.82) is 0 Å². The van der Waals surface area contributed by atoms with Gasteiger partial charge >= 0.3 is 5.97 Å². The minimum Gasteiger partial charge on any atom is -0.480 e. The van der Waals surface area contributed by atoms with Crippen LogP contribution < -0.4 is 5.32 Å². The van der Waals surface area contributed by atoms with Crippen molar-refractivity contribution >= 4 is 41.7 Å². The molecular weight excluding hydrogens is 379 g/mol. The molecule has 1 aromatic rings. The highest BCUT2D eigenvalue weighted by atomic mass is 35.5. The summed E-state index contributed by atoms with van der Waals surface area (Å²) in [5.41, 5.74) is 0. The van der Waals surface area contributed by atoms with E-state index in [1.165, 1.54) is 6.20 Å². The third kappa shape index (κ3) is 6.72. The Hall–Kier alpha value is -1.41. The van der Waals surface area contributed by atoms with E-state index in [4.69, 9.17) is 16.7 Å². The number of aliphatic carboxylic acids is 1. The number of hydrogen-bond donors (Lipinski definition) is 2. The first-order valence-corrected chi connectivity index (χ1v) is 8.83. The zero-order chi connectivity index (χ0) is 18.4. The van der Waals surface area contributed by atoms with Gasteiger partial charge in [-0.25, -0.2) is 4.98 Å². The second-order valence-electron chi connectivity index (χ2n) is 6.46. The minimum absolute atomic E-state index is 0.